The summed E-state index contributed by atoms with van der Waals surface area (Å²) in [5.41, 5.74) is 0.891. The molecule has 0 unspecified atom stereocenters. The van der Waals surface area contributed by atoms with Crippen molar-refractivity contribution in [3.8, 4) is 11.5 Å². The van der Waals surface area contributed by atoms with Crippen molar-refractivity contribution in [3.05, 3.63) is 28.7 Å². The molecule has 0 saturated carbocycles. The highest BCUT2D eigenvalue weighted by Crippen LogP contribution is 2.33. The number of morpholine rings is 1. The summed E-state index contributed by atoms with van der Waals surface area (Å²) in [7, 11) is 1.63. The molecule has 1 aromatic carbocycles. The second kappa shape index (κ2) is 9.80. The number of hydrogen-bond acceptors (Lipinski definition) is 6. The number of benzene rings is 1. The van der Waals surface area contributed by atoms with E-state index in [1.807, 2.05) is 24.3 Å². The van der Waals surface area contributed by atoms with Gasteiger partial charge in [0.25, 0.3) is 5.91 Å². The molecule has 7 heteroatoms. The summed E-state index contributed by atoms with van der Waals surface area (Å²) < 4.78 is 16.6. The Bertz CT molecular complexity index is 727. The summed E-state index contributed by atoms with van der Waals surface area (Å²) in [4.78, 5) is 19.2. The highest BCUT2D eigenvalue weighted by molar-refractivity contribution is 8.18. The van der Waals surface area contributed by atoms with E-state index in [2.05, 4.69) is 16.8 Å². The number of thioether (sulfide) groups is 1. The van der Waals surface area contributed by atoms with Gasteiger partial charge in [-0.25, -0.2) is 0 Å². The van der Waals surface area contributed by atoms with Crippen LogP contribution in [-0.4, -0.2) is 56.0 Å². The summed E-state index contributed by atoms with van der Waals surface area (Å²) >= 11 is 1.42. The van der Waals surface area contributed by atoms with E-state index in [9.17, 15) is 4.79 Å². The third-order valence-corrected chi connectivity index (χ3v) is 5.43. The first-order chi connectivity index (χ1) is 13.2. The Balaban J connectivity index is 1.66. The molecule has 6 nitrogen and oxygen atoms in total. The zero-order chi connectivity index (χ0) is 19.1. The maximum Gasteiger partial charge on any atom is 0.286 e. The molecular formula is C20H26N2O4S. The Hall–Kier alpha value is -1.99. The van der Waals surface area contributed by atoms with Gasteiger partial charge in [-0.05, 0) is 42.0 Å². The average molecular weight is 391 g/mol. The Morgan fingerprint density at radius 3 is 2.81 bits per heavy atom. The third kappa shape index (κ3) is 5.26. The first-order valence-electron chi connectivity index (χ1n) is 9.37. The molecule has 1 amide bonds. The molecule has 0 spiro atoms. The molecule has 1 aromatic rings. The number of hydrogen-bond donors (Lipinski definition) is 0. The molecule has 0 atom stereocenters. The average Bonchev–Trinajstić information content (AvgIpc) is 3.07. The summed E-state index contributed by atoms with van der Waals surface area (Å²) in [6.07, 6.45) is 5.19. The zero-order valence-corrected chi connectivity index (χ0v) is 16.7. The van der Waals surface area contributed by atoms with Crippen LogP contribution >= 0.6 is 11.8 Å². The molecule has 1 saturated heterocycles. The van der Waals surface area contributed by atoms with Crippen molar-refractivity contribution in [2.24, 2.45) is 4.99 Å². The van der Waals surface area contributed by atoms with Crippen LogP contribution in [0.4, 0.5) is 0 Å². The maximum absolute atomic E-state index is 12.3. The van der Waals surface area contributed by atoms with Gasteiger partial charge in [0.15, 0.2) is 16.7 Å². The predicted molar refractivity (Wildman–Crippen MR) is 108 cm³/mol. The maximum atomic E-state index is 12.3. The molecule has 27 heavy (non-hydrogen) atoms. The summed E-state index contributed by atoms with van der Waals surface area (Å²) in [5.74, 6) is 1.21. The largest absolute Gasteiger partial charge is 0.493 e. The van der Waals surface area contributed by atoms with E-state index < -0.39 is 0 Å². The molecule has 1 fully saturated rings. The normalized spacial score (nSPS) is 18.7. The minimum Gasteiger partial charge on any atom is -0.493 e. The standard InChI is InChI=1S/C20H26N2O4S/c1-3-4-5-10-26-16-7-6-15(13-17(16)24-2)14-18-19(23)21-20(27-18)22-8-11-25-12-9-22/h6-7,13-14H,3-5,8-12H2,1-2H3. The van der Waals surface area contributed by atoms with Gasteiger partial charge in [0, 0.05) is 13.1 Å². The molecule has 3 rings (SSSR count). The molecule has 146 valence electrons. The number of methoxy groups -OCH3 is 1. The lowest BCUT2D eigenvalue weighted by atomic mass is 10.2. The molecule has 2 aliphatic rings. The van der Waals surface area contributed by atoms with Crippen LogP contribution in [0.25, 0.3) is 6.08 Å². The van der Waals surface area contributed by atoms with Crippen LogP contribution in [0.15, 0.2) is 28.1 Å². The van der Waals surface area contributed by atoms with Crippen LogP contribution in [0.5, 0.6) is 11.5 Å². The van der Waals surface area contributed by atoms with E-state index in [1.54, 1.807) is 7.11 Å². The van der Waals surface area contributed by atoms with Crippen molar-refractivity contribution < 1.29 is 19.0 Å². The van der Waals surface area contributed by atoms with Gasteiger partial charge in [0.2, 0.25) is 0 Å². The first kappa shape index (κ1) is 19.8. The van der Waals surface area contributed by atoms with Crippen LogP contribution in [0, 0.1) is 0 Å². The molecule has 0 aliphatic carbocycles. The second-order valence-corrected chi connectivity index (χ2v) is 7.38. The van der Waals surface area contributed by atoms with Crippen molar-refractivity contribution in [2.45, 2.75) is 26.2 Å². The smallest absolute Gasteiger partial charge is 0.286 e. The monoisotopic (exact) mass is 390 g/mol. The number of carbonyl (C=O) groups excluding carboxylic acids is 1. The summed E-state index contributed by atoms with van der Waals surface area (Å²) in [5, 5.41) is 0.761. The lowest BCUT2D eigenvalue weighted by Gasteiger charge is -2.27. The quantitative estimate of drug-likeness (QED) is 0.524. The number of carbonyl (C=O) groups is 1. The van der Waals surface area contributed by atoms with Crippen LogP contribution in [-0.2, 0) is 9.53 Å². The van der Waals surface area contributed by atoms with Crippen molar-refractivity contribution in [3.63, 3.8) is 0 Å². The topological polar surface area (TPSA) is 60.4 Å². The van der Waals surface area contributed by atoms with E-state index in [0.29, 0.717) is 30.5 Å². The fourth-order valence-electron chi connectivity index (χ4n) is 2.87. The zero-order valence-electron chi connectivity index (χ0n) is 15.9. The van der Waals surface area contributed by atoms with Crippen molar-refractivity contribution in [1.82, 2.24) is 4.90 Å². The van der Waals surface area contributed by atoms with E-state index in [-0.39, 0.29) is 5.91 Å². The number of rotatable bonds is 7. The van der Waals surface area contributed by atoms with Crippen LogP contribution in [0.1, 0.15) is 31.7 Å². The van der Waals surface area contributed by atoms with Crippen molar-refractivity contribution in [2.75, 3.05) is 40.0 Å². The number of amides is 1. The van der Waals surface area contributed by atoms with E-state index in [1.165, 1.54) is 11.8 Å². The minimum absolute atomic E-state index is 0.194. The van der Waals surface area contributed by atoms with E-state index in [4.69, 9.17) is 14.2 Å². The molecule has 2 heterocycles. The second-order valence-electron chi connectivity index (χ2n) is 6.38. The predicted octanol–water partition coefficient (Wildman–Crippen LogP) is 3.57. The van der Waals surface area contributed by atoms with Gasteiger partial charge < -0.3 is 19.1 Å². The number of unbranched alkanes of at least 4 members (excludes halogenated alkanes) is 2. The van der Waals surface area contributed by atoms with Gasteiger partial charge in [-0.1, -0.05) is 25.8 Å². The van der Waals surface area contributed by atoms with Crippen LogP contribution < -0.4 is 9.47 Å². The lowest BCUT2D eigenvalue weighted by Crippen LogP contribution is -2.38. The fourth-order valence-corrected chi connectivity index (χ4v) is 3.83. The van der Waals surface area contributed by atoms with Gasteiger partial charge in [-0.15, -0.1) is 0 Å². The number of aliphatic imine (C=N–C) groups is 1. The van der Waals surface area contributed by atoms with Gasteiger partial charge in [0.1, 0.15) is 0 Å². The van der Waals surface area contributed by atoms with Crippen molar-refractivity contribution >= 4 is 28.9 Å². The highest BCUT2D eigenvalue weighted by Gasteiger charge is 2.27. The first-order valence-corrected chi connectivity index (χ1v) is 10.2. The molecule has 2 aliphatic heterocycles. The highest BCUT2D eigenvalue weighted by atomic mass is 32.2. The fraction of sp³-hybridized carbons (Fsp3) is 0.500. The number of nitrogens with zero attached hydrogens (tertiary/aromatic N) is 2. The number of ether oxygens (including phenoxy) is 3. The third-order valence-electron chi connectivity index (χ3n) is 4.38. The van der Waals surface area contributed by atoms with E-state index >= 15 is 0 Å². The SMILES string of the molecule is CCCCCOc1ccc(C=C2SC(N3CCOCC3)=NC2=O)cc1OC. The Kier molecular flexibility index (Phi) is 7.18. The molecular weight excluding hydrogens is 364 g/mol. The molecule has 0 aromatic heterocycles. The number of amidine groups is 1. The lowest BCUT2D eigenvalue weighted by molar-refractivity contribution is -0.113. The van der Waals surface area contributed by atoms with Gasteiger partial charge in [0.05, 0.1) is 31.8 Å². The minimum atomic E-state index is -0.194. The van der Waals surface area contributed by atoms with Gasteiger partial charge in [-0.2, -0.15) is 4.99 Å². The summed E-state index contributed by atoms with van der Waals surface area (Å²) in [6.45, 7) is 5.72. The molecule has 0 N–H and O–H groups in total. The summed E-state index contributed by atoms with van der Waals surface area (Å²) in [6, 6.07) is 5.72. The Morgan fingerprint density at radius 1 is 1.26 bits per heavy atom. The van der Waals surface area contributed by atoms with E-state index in [0.717, 1.165) is 48.8 Å². The van der Waals surface area contributed by atoms with Crippen molar-refractivity contribution in [1.29, 1.82) is 0 Å². The van der Waals surface area contributed by atoms with Crippen LogP contribution in [0.2, 0.25) is 0 Å². The van der Waals surface area contributed by atoms with Gasteiger partial charge >= 0.3 is 0 Å². The molecule has 0 radical (unpaired) electrons. The van der Waals surface area contributed by atoms with Crippen LogP contribution in [0.3, 0.4) is 0 Å². The molecule has 0 bridgehead atoms. The Labute approximate surface area is 164 Å². The Morgan fingerprint density at radius 2 is 2.07 bits per heavy atom. The van der Waals surface area contributed by atoms with Gasteiger partial charge in [-0.3, -0.25) is 4.79 Å².